The molecule has 8 nitrogen and oxygen atoms in total. The molecule has 0 aromatic heterocycles. The molecule has 0 bridgehead atoms. The number of hydrogen-bond acceptors (Lipinski definition) is 8. The quantitative estimate of drug-likeness (QED) is 0.128. The van der Waals surface area contributed by atoms with Gasteiger partial charge < -0.3 is 29.2 Å². The standard InChI is InChI=1S/C35H54O8/c1-19-9-8-10-25(30(19)23(5)32(38)31-28(37)18-41-35(31)39)16-26(17-36)34-21(3)12-14-27(42-34)13-11-20(2)33-22(4)15-29(43-33)24(6)40-7/h11,13,16,19-25,27,29-30,33-34,36,38H,8-10,12,14-15,17-18H2,1-7H3/p-1/b13-11+,26-16+,32-31+/t19-,20+,21-,22-,23+,24?,25-,27-,29-,30-,33?,34-/m0/s1. The van der Waals surface area contributed by atoms with E-state index in [2.05, 4.69) is 52.8 Å². The first-order chi connectivity index (χ1) is 20.5. The van der Waals surface area contributed by atoms with Crippen molar-refractivity contribution in [1.82, 2.24) is 0 Å². The minimum absolute atomic E-state index is 0.0353. The van der Waals surface area contributed by atoms with E-state index in [4.69, 9.17) is 18.9 Å². The number of rotatable bonds is 10. The van der Waals surface area contributed by atoms with Crippen LogP contribution in [-0.4, -0.2) is 67.7 Å². The van der Waals surface area contributed by atoms with E-state index in [-0.39, 0.29) is 78.9 Å². The van der Waals surface area contributed by atoms with Gasteiger partial charge in [0.2, 0.25) is 5.78 Å². The predicted octanol–water partition coefficient (Wildman–Crippen LogP) is 4.54. The van der Waals surface area contributed by atoms with Crippen molar-refractivity contribution in [3.63, 3.8) is 0 Å². The number of allylic oxidation sites excluding steroid dienone is 2. The Morgan fingerprint density at radius 2 is 1.79 bits per heavy atom. The van der Waals surface area contributed by atoms with E-state index >= 15 is 0 Å². The molecule has 1 saturated carbocycles. The number of ketones is 1. The number of carbonyl (C=O) groups excluding carboxylic acids is 2. The van der Waals surface area contributed by atoms with E-state index in [1.165, 1.54) is 0 Å². The smallest absolute Gasteiger partial charge is 0.341 e. The van der Waals surface area contributed by atoms with Crippen LogP contribution in [0.5, 0.6) is 0 Å². The van der Waals surface area contributed by atoms with Gasteiger partial charge in [-0.05, 0) is 73.7 Å². The summed E-state index contributed by atoms with van der Waals surface area (Å²) in [6.45, 7) is 12.2. The number of carbonyl (C=O) groups is 2. The third-order valence-electron chi connectivity index (χ3n) is 10.7. The maximum absolute atomic E-state index is 13.3. The number of hydrogen-bond donors (Lipinski definition) is 1. The number of Topliss-reactive ketones (excluding diaryl/α,β-unsaturated/α-hetero) is 1. The van der Waals surface area contributed by atoms with Crippen LogP contribution in [-0.2, 0) is 28.5 Å². The van der Waals surface area contributed by atoms with Crippen LogP contribution in [0.25, 0.3) is 0 Å². The molecule has 3 aliphatic heterocycles. The minimum atomic E-state index is -0.801. The lowest BCUT2D eigenvalue weighted by Crippen LogP contribution is -2.38. The van der Waals surface area contributed by atoms with Gasteiger partial charge in [-0.2, -0.15) is 0 Å². The van der Waals surface area contributed by atoms with Crippen LogP contribution in [0.4, 0.5) is 0 Å². The normalized spacial score (nSPS) is 39.2. The van der Waals surface area contributed by atoms with Gasteiger partial charge in [0.15, 0.2) is 6.61 Å². The monoisotopic (exact) mass is 601 g/mol. The highest BCUT2D eigenvalue weighted by Crippen LogP contribution is 2.44. The Hall–Kier alpha value is -2.00. The van der Waals surface area contributed by atoms with Crippen LogP contribution in [0.1, 0.15) is 80.1 Å². The predicted molar refractivity (Wildman–Crippen MR) is 162 cm³/mol. The first kappa shape index (κ1) is 33.9. The lowest BCUT2D eigenvalue weighted by Gasteiger charge is -2.43. The summed E-state index contributed by atoms with van der Waals surface area (Å²) in [5.41, 5.74) is 0.542. The van der Waals surface area contributed by atoms with E-state index in [9.17, 15) is 19.8 Å². The van der Waals surface area contributed by atoms with Crippen molar-refractivity contribution in [1.29, 1.82) is 0 Å². The van der Waals surface area contributed by atoms with Crippen LogP contribution in [0, 0.1) is 41.4 Å². The molecule has 4 fully saturated rings. The number of esters is 1. The molecule has 1 N–H and O–H groups in total. The van der Waals surface area contributed by atoms with Crippen molar-refractivity contribution in [2.45, 2.75) is 111 Å². The Morgan fingerprint density at radius 3 is 2.44 bits per heavy atom. The molecule has 0 amide bonds. The molecule has 242 valence electrons. The molecule has 3 heterocycles. The number of aliphatic hydroxyl groups is 1. The highest BCUT2D eigenvalue weighted by Gasteiger charge is 2.39. The topological polar surface area (TPSA) is 114 Å². The second kappa shape index (κ2) is 14.9. The fourth-order valence-corrected chi connectivity index (χ4v) is 8.04. The zero-order chi connectivity index (χ0) is 31.4. The summed E-state index contributed by atoms with van der Waals surface area (Å²) in [6, 6.07) is 0. The van der Waals surface area contributed by atoms with E-state index in [0.717, 1.165) is 44.1 Å². The summed E-state index contributed by atoms with van der Waals surface area (Å²) in [6.07, 6.45) is 12.4. The van der Waals surface area contributed by atoms with Crippen LogP contribution >= 0.6 is 0 Å². The van der Waals surface area contributed by atoms with E-state index in [1.807, 2.05) is 6.92 Å². The number of cyclic esters (lactones) is 1. The van der Waals surface area contributed by atoms with Gasteiger partial charge in [0.05, 0.1) is 42.7 Å². The van der Waals surface area contributed by atoms with Gasteiger partial charge in [-0.15, -0.1) is 5.76 Å². The molecule has 0 radical (unpaired) electrons. The maximum atomic E-state index is 13.3. The second-order valence-electron chi connectivity index (χ2n) is 13.8. The Balaban J connectivity index is 1.48. The molecule has 1 aliphatic carbocycles. The van der Waals surface area contributed by atoms with Crippen molar-refractivity contribution < 1.29 is 38.7 Å². The molecule has 0 aromatic carbocycles. The summed E-state index contributed by atoms with van der Waals surface area (Å²) < 4.78 is 23.4. The summed E-state index contributed by atoms with van der Waals surface area (Å²) >= 11 is 0. The molecular formula is C35H53O8-. The summed E-state index contributed by atoms with van der Waals surface area (Å²) in [4.78, 5) is 24.4. The Labute approximate surface area is 257 Å². The van der Waals surface area contributed by atoms with Gasteiger partial charge >= 0.3 is 5.97 Å². The lowest BCUT2D eigenvalue weighted by molar-refractivity contribution is -0.319. The van der Waals surface area contributed by atoms with E-state index in [0.29, 0.717) is 5.92 Å². The van der Waals surface area contributed by atoms with Gasteiger partial charge in [-0.25, -0.2) is 4.79 Å². The maximum Gasteiger partial charge on any atom is 0.341 e. The Morgan fingerprint density at radius 1 is 1.05 bits per heavy atom. The van der Waals surface area contributed by atoms with E-state index in [1.54, 1.807) is 7.11 Å². The molecule has 3 saturated heterocycles. The molecule has 0 aromatic rings. The second-order valence-corrected chi connectivity index (χ2v) is 13.8. The molecule has 8 heteroatoms. The van der Waals surface area contributed by atoms with Crippen LogP contribution in [0.2, 0.25) is 0 Å². The highest BCUT2D eigenvalue weighted by atomic mass is 16.6. The lowest BCUT2D eigenvalue weighted by atomic mass is 9.66. The average molecular weight is 602 g/mol. The van der Waals surface area contributed by atoms with Crippen molar-refractivity contribution in [3.8, 4) is 0 Å². The van der Waals surface area contributed by atoms with Crippen LogP contribution in [0.15, 0.2) is 35.1 Å². The third kappa shape index (κ3) is 7.63. The van der Waals surface area contributed by atoms with Crippen molar-refractivity contribution in [3.05, 3.63) is 35.1 Å². The van der Waals surface area contributed by atoms with E-state index < -0.39 is 23.4 Å². The van der Waals surface area contributed by atoms with Crippen LogP contribution in [0.3, 0.4) is 0 Å². The van der Waals surface area contributed by atoms with Gasteiger partial charge in [0.25, 0.3) is 0 Å². The third-order valence-corrected chi connectivity index (χ3v) is 10.7. The number of aliphatic hydroxyl groups excluding tert-OH is 1. The molecule has 43 heavy (non-hydrogen) atoms. The zero-order valence-electron chi connectivity index (χ0n) is 27.1. The first-order valence-corrected chi connectivity index (χ1v) is 16.4. The van der Waals surface area contributed by atoms with Gasteiger partial charge in [-0.1, -0.05) is 65.7 Å². The first-order valence-electron chi connectivity index (χ1n) is 16.4. The zero-order valence-corrected chi connectivity index (χ0v) is 27.1. The summed E-state index contributed by atoms with van der Waals surface area (Å²) in [5, 5.41) is 23.9. The summed E-state index contributed by atoms with van der Waals surface area (Å²) in [7, 11) is 1.73. The fraction of sp³-hybridized carbons (Fsp3) is 0.771. The molecular weight excluding hydrogens is 548 g/mol. The SMILES string of the molecule is COC(C)[C@@H]1C[C@H](C)C([C@H](C)/C=C/[C@H]2CC[C@H](C)[C@@H](/C(=C/[C@@H]3CCC[C@H](C)[C@H]3[C@@H](C)/C([O-])=C3/C(=O)COC3=O)CO)O2)O1. The number of ether oxygens (including phenoxy) is 4. The van der Waals surface area contributed by atoms with Gasteiger partial charge in [0.1, 0.15) is 0 Å². The average Bonchev–Trinajstić information content (AvgIpc) is 3.55. The van der Waals surface area contributed by atoms with Crippen molar-refractivity contribution in [2.75, 3.05) is 20.3 Å². The molecule has 4 rings (SSSR count). The Kier molecular flexibility index (Phi) is 11.7. The molecule has 2 unspecified atom stereocenters. The van der Waals surface area contributed by atoms with Crippen molar-refractivity contribution in [2.24, 2.45) is 41.4 Å². The largest absolute Gasteiger partial charge is 0.875 e. The number of methoxy groups -OCH3 is 1. The molecule has 4 aliphatic rings. The Bertz CT molecular complexity index is 1060. The van der Waals surface area contributed by atoms with Gasteiger partial charge in [0, 0.05) is 13.0 Å². The van der Waals surface area contributed by atoms with Gasteiger partial charge in [-0.3, -0.25) is 4.79 Å². The summed E-state index contributed by atoms with van der Waals surface area (Å²) in [5.74, 6) is -1.10. The minimum Gasteiger partial charge on any atom is -0.875 e. The van der Waals surface area contributed by atoms with Crippen LogP contribution < -0.4 is 5.11 Å². The fourth-order valence-electron chi connectivity index (χ4n) is 8.04. The molecule has 0 spiro atoms. The highest BCUT2D eigenvalue weighted by molar-refractivity contribution is 6.22. The van der Waals surface area contributed by atoms with Crippen molar-refractivity contribution >= 4 is 11.8 Å². The molecule has 12 atom stereocenters.